The molecule has 0 radical (unpaired) electrons. The Kier molecular flexibility index (Phi) is 8.71. The molecule has 4 aromatic rings. The van der Waals surface area contributed by atoms with Gasteiger partial charge in [-0.1, -0.05) is 60.7 Å². The fraction of sp³-hybridized carbons (Fsp3) is 0.375. The van der Waals surface area contributed by atoms with E-state index in [9.17, 15) is 19.8 Å². The molecule has 8 rings (SSSR count). The van der Waals surface area contributed by atoms with Crippen LogP contribution >= 0.6 is 0 Å². The van der Waals surface area contributed by atoms with Gasteiger partial charge < -0.3 is 24.2 Å². The number of ketones is 2. The first-order chi connectivity index (χ1) is 25.1. The zero-order chi connectivity index (χ0) is 36.3. The number of Topliss-reactive ketones (excluding diaryl/α,β-unsaturated/α-hetero) is 2. The molecule has 1 aliphatic heterocycles. The highest BCUT2D eigenvalue weighted by Gasteiger charge is 2.65. The standard InChI is InChI=1S/C40H39F2N3O7/c1-44(2)33-27-18-24-17-25-29(35(50-20-22-11-5-3-6-12-22)32(42)26(31(25)41)19-45-15-9-10-16-45)34(46)28(24)37(47)40(27,49)38(48)30-36(33)52-43-39(30)51-21-23-13-7-4-8-14-23/h3-8,11-14,24,27,33,46,49H,9-10,15-21H2,1-2H3/t24-,27-,33-,40-/m0/s1. The van der Waals surface area contributed by atoms with E-state index in [2.05, 4.69) is 5.16 Å². The van der Waals surface area contributed by atoms with Crippen LogP contribution in [0.5, 0.6) is 11.6 Å². The Balaban J connectivity index is 1.23. The van der Waals surface area contributed by atoms with Crippen LogP contribution in [0.4, 0.5) is 8.78 Å². The van der Waals surface area contributed by atoms with Crippen LogP contribution in [-0.4, -0.2) is 69.5 Å². The second-order valence-corrected chi connectivity index (χ2v) is 14.4. The lowest BCUT2D eigenvalue weighted by atomic mass is 9.57. The van der Waals surface area contributed by atoms with Crippen molar-refractivity contribution in [3.8, 4) is 11.6 Å². The molecule has 10 nitrogen and oxygen atoms in total. The second kappa shape index (κ2) is 13.3. The topological polar surface area (TPSA) is 126 Å². The first-order valence-electron chi connectivity index (χ1n) is 17.6. The summed E-state index contributed by atoms with van der Waals surface area (Å²) in [4.78, 5) is 32.8. The zero-order valence-corrected chi connectivity index (χ0v) is 28.9. The molecule has 0 unspecified atom stereocenters. The van der Waals surface area contributed by atoms with Crippen LogP contribution in [0.25, 0.3) is 5.76 Å². The summed E-state index contributed by atoms with van der Waals surface area (Å²) in [7, 11) is 3.45. The number of nitrogens with zero attached hydrogens (tertiary/aromatic N) is 3. The maximum absolute atomic E-state index is 16.6. The second-order valence-electron chi connectivity index (χ2n) is 14.4. The van der Waals surface area contributed by atoms with Gasteiger partial charge in [0.2, 0.25) is 11.6 Å². The van der Waals surface area contributed by atoms with Crippen LogP contribution in [0.3, 0.4) is 0 Å². The smallest absolute Gasteiger partial charge is 0.265 e. The highest BCUT2D eigenvalue weighted by Crippen LogP contribution is 2.56. The van der Waals surface area contributed by atoms with Crippen molar-refractivity contribution in [3.05, 3.63) is 117 Å². The summed E-state index contributed by atoms with van der Waals surface area (Å²) in [6.45, 7) is 1.38. The number of hydrogen-bond donors (Lipinski definition) is 2. The van der Waals surface area contributed by atoms with Crippen molar-refractivity contribution >= 4 is 17.3 Å². The highest BCUT2D eigenvalue weighted by atomic mass is 19.1. The quantitative estimate of drug-likeness (QED) is 0.201. The van der Waals surface area contributed by atoms with Gasteiger partial charge in [0, 0.05) is 29.2 Å². The molecule has 4 aliphatic rings. The summed E-state index contributed by atoms with van der Waals surface area (Å²) < 4.78 is 50.8. The predicted octanol–water partition coefficient (Wildman–Crippen LogP) is 5.97. The Morgan fingerprint density at radius 1 is 0.923 bits per heavy atom. The van der Waals surface area contributed by atoms with Crippen molar-refractivity contribution in [2.45, 2.75) is 57.1 Å². The predicted molar refractivity (Wildman–Crippen MR) is 184 cm³/mol. The highest BCUT2D eigenvalue weighted by molar-refractivity contribution is 6.26. The average molecular weight is 712 g/mol. The number of hydrogen-bond acceptors (Lipinski definition) is 10. The summed E-state index contributed by atoms with van der Waals surface area (Å²) in [5, 5.41) is 28.4. The molecule has 2 heterocycles. The third kappa shape index (κ3) is 5.43. The number of rotatable bonds is 9. The molecule has 0 amide bonds. The number of aromatic nitrogens is 1. The number of ether oxygens (including phenoxy) is 2. The summed E-state index contributed by atoms with van der Waals surface area (Å²) in [5.74, 6) is -6.72. The Morgan fingerprint density at radius 2 is 1.56 bits per heavy atom. The molecule has 3 aromatic carbocycles. The van der Waals surface area contributed by atoms with Gasteiger partial charge in [-0.05, 0) is 75.1 Å². The zero-order valence-electron chi connectivity index (χ0n) is 28.9. The van der Waals surface area contributed by atoms with Crippen molar-refractivity contribution in [1.29, 1.82) is 0 Å². The van der Waals surface area contributed by atoms with Crippen LogP contribution in [0.2, 0.25) is 0 Å². The summed E-state index contributed by atoms with van der Waals surface area (Å²) in [6.07, 6.45) is 1.77. The van der Waals surface area contributed by atoms with Gasteiger partial charge >= 0.3 is 0 Å². The lowest BCUT2D eigenvalue weighted by Crippen LogP contribution is -2.63. The molecular weight excluding hydrogens is 672 g/mol. The minimum Gasteiger partial charge on any atom is -0.507 e. The van der Waals surface area contributed by atoms with Crippen molar-refractivity contribution in [1.82, 2.24) is 15.0 Å². The van der Waals surface area contributed by atoms with Crippen molar-refractivity contribution in [2.75, 3.05) is 27.2 Å². The largest absolute Gasteiger partial charge is 0.507 e. The fourth-order valence-electron chi connectivity index (χ4n) is 8.52. The number of aliphatic hydroxyl groups excluding tert-OH is 1. The molecule has 1 aromatic heterocycles. The van der Waals surface area contributed by atoms with Gasteiger partial charge in [-0.3, -0.25) is 19.4 Å². The number of aliphatic hydroxyl groups is 2. The van der Waals surface area contributed by atoms with Gasteiger partial charge in [-0.15, -0.1) is 0 Å². The molecular formula is C40H39F2N3O7. The molecule has 2 N–H and O–H groups in total. The summed E-state index contributed by atoms with van der Waals surface area (Å²) in [5.41, 5.74) is -1.98. The number of likely N-dealkylation sites (tertiary alicyclic amines) is 1. The Hall–Kier alpha value is -4.91. The average Bonchev–Trinajstić information content (AvgIpc) is 3.82. The third-order valence-corrected chi connectivity index (χ3v) is 11.0. The van der Waals surface area contributed by atoms with Crippen LogP contribution in [0, 0.1) is 23.5 Å². The van der Waals surface area contributed by atoms with E-state index in [-0.39, 0.29) is 77.8 Å². The van der Waals surface area contributed by atoms with Crippen LogP contribution in [0.1, 0.15) is 69.2 Å². The summed E-state index contributed by atoms with van der Waals surface area (Å²) >= 11 is 0. The van der Waals surface area contributed by atoms with Crippen molar-refractivity contribution < 1.29 is 42.6 Å². The molecule has 3 aliphatic carbocycles. The molecule has 0 bridgehead atoms. The van der Waals surface area contributed by atoms with Gasteiger partial charge in [-0.2, -0.15) is 0 Å². The van der Waals surface area contributed by atoms with E-state index in [1.807, 2.05) is 41.3 Å². The maximum Gasteiger partial charge on any atom is 0.265 e. The van der Waals surface area contributed by atoms with E-state index in [0.717, 1.165) is 18.4 Å². The third-order valence-electron chi connectivity index (χ3n) is 11.0. The number of carbonyl (C=O) groups is 2. The van der Waals surface area contributed by atoms with E-state index in [1.54, 1.807) is 43.3 Å². The van der Waals surface area contributed by atoms with Gasteiger partial charge in [0.15, 0.2) is 22.9 Å². The van der Waals surface area contributed by atoms with Crippen molar-refractivity contribution in [2.24, 2.45) is 11.8 Å². The minimum absolute atomic E-state index is 0.00842. The Morgan fingerprint density at radius 3 is 2.19 bits per heavy atom. The van der Waals surface area contributed by atoms with Crippen LogP contribution < -0.4 is 9.47 Å². The van der Waals surface area contributed by atoms with E-state index < -0.39 is 52.4 Å². The molecule has 2 fully saturated rings. The monoisotopic (exact) mass is 711 g/mol. The van der Waals surface area contributed by atoms with E-state index in [1.165, 1.54) is 0 Å². The lowest BCUT2D eigenvalue weighted by Gasteiger charge is -2.49. The molecule has 270 valence electrons. The van der Waals surface area contributed by atoms with E-state index in [0.29, 0.717) is 18.7 Å². The summed E-state index contributed by atoms with van der Waals surface area (Å²) in [6, 6.07) is 17.4. The molecule has 0 spiro atoms. The number of benzene rings is 3. The Labute approximate surface area is 299 Å². The molecule has 4 atom stereocenters. The minimum atomic E-state index is -2.66. The first-order valence-corrected chi connectivity index (χ1v) is 17.6. The van der Waals surface area contributed by atoms with Gasteiger partial charge in [0.25, 0.3) is 5.88 Å². The van der Waals surface area contributed by atoms with Crippen LogP contribution in [0.15, 0.2) is 70.8 Å². The van der Waals surface area contributed by atoms with Gasteiger partial charge in [0.05, 0.1) is 11.6 Å². The number of fused-ring (bicyclic) bond motifs is 4. The molecule has 1 saturated heterocycles. The van der Waals surface area contributed by atoms with E-state index in [4.69, 9.17) is 14.0 Å². The van der Waals surface area contributed by atoms with Crippen LogP contribution in [-0.2, 0) is 31.0 Å². The first kappa shape index (κ1) is 34.2. The molecule has 12 heteroatoms. The number of halogens is 2. The molecule has 52 heavy (non-hydrogen) atoms. The number of carbonyl (C=O) groups excluding carboxylic acids is 2. The molecule has 1 saturated carbocycles. The fourth-order valence-corrected chi connectivity index (χ4v) is 8.52. The van der Waals surface area contributed by atoms with E-state index >= 15 is 8.78 Å². The SMILES string of the molecule is CN(C)[C@@H]1c2onc(OCc3ccccc3)c2C(=O)[C@@]2(O)C(=O)C3=C(O)c4c(c(F)c(CN5CCCC5)c(F)c4OCc4ccccc4)C[C@H]3C[C@@H]12. The normalized spacial score (nSPS) is 24.1. The van der Waals surface area contributed by atoms with Gasteiger partial charge in [-0.25, -0.2) is 8.78 Å². The Bertz CT molecular complexity index is 2080. The maximum atomic E-state index is 16.6. The lowest BCUT2D eigenvalue weighted by molar-refractivity contribution is -0.142. The van der Waals surface area contributed by atoms with Crippen molar-refractivity contribution in [3.63, 3.8) is 0 Å². The van der Waals surface area contributed by atoms with Gasteiger partial charge in [0.1, 0.15) is 30.4 Å².